The van der Waals surface area contributed by atoms with Gasteiger partial charge in [-0.05, 0) is 18.9 Å². The van der Waals surface area contributed by atoms with E-state index in [4.69, 9.17) is 5.11 Å². The first-order chi connectivity index (χ1) is 7.62. The van der Waals surface area contributed by atoms with Gasteiger partial charge in [0.2, 0.25) is 0 Å². The molecule has 4 nitrogen and oxygen atoms in total. The van der Waals surface area contributed by atoms with E-state index in [2.05, 4.69) is 9.97 Å². The molecule has 0 unspecified atom stereocenters. The molecular weight excluding hydrogens is 211 g/mol. The summed E-state index contributed by atoms with van der Waals surface area (Å²) in [5, 5.41) is 9.12. The van der Waals surface area contributed by atoms with Crippen molar-refractivity contribution in [3.8, 4) is 0 Å². The normalized spacial score (nSPS) is 17.6. The van der Waals surface area contributed by atoms with Gasteiger partial charge in [-0.2, -0.15) is 0 Å². The van der Waals surface area contributed by atoms with Gasteiger partial charge in [-0.3, -0.25) is 9.78 Å². The molecule has 0 spiro atoms. The molecule has 0 aromatic carbocycles. The van der Waals surface area contributed by atoms with E-state index in [-0.39, 0.29) is 0 Å². The number of nitrogens with one attached hydrogen (secondary N) is 1. The molecule has 0 atom stereocenters. The lowest BCUT2D eigenvalue weighted by Gasteiger charge is -2.05. The van der Waals surface area contributed by atoms with Crippen molar-refractivity contribution in [1.29, 1.82) is 0 Å². The van der Waals surface area contributed by atoms with Gasteiger partial charge in [0.15, 0.2) is 0 Å². The van der Waals surface area contributed by atoms with Gasteiger partial charge in [0.1, 0.15) is 11.2 Å². The molecule has 2 aromatic heterocycles. The fraction of sp³-hybridized carbons (Fsp3) is 0.273. The minimum absolute atomic E-state index is 0.430. The summed E-state index contributed by atoms with van der Waals surface area (Å²) < 4.78 is 12.9. The fourth-order valence-corrected chi connectivity index (χ4v) is 1.96. The maximum atomic E-state index is 12.9. The molecule has 0 radical (unpaired) electrons. The second-order valence-corrected chi connectivity index (χ2v) is 4.16. The highest BCUT2D eigenvalue weighted by Gasteiger charge is 2.53. The standard InChI is InChI=1S/C11H9FN2O2/c12-6-3-8-7(13-5-6)4-9(14-8)11(1-2-11)10(15)16/h3-5,14H,1-2H2,(H,15,16). The Morgan fingerprint density at radius 2 is 2.25 bits per heavy atom. The molecule has 2 aromatic rings. The second-order valence-electron chi connectivity index (χ2n) is 4.16. The molecule has 1 aliphatic carbocycles. The molecule has 1 fully saturated rings. The van der Waals surface area contributed by atoms with E-state index in [0.29, 0.717) is 29.6 Å². The SMILES string of the molecule is O=C(O)C1(c2cc3ncc(F)cc3[nH]2)CC1. The largest absolute Gasteiger partial charge is 0.481 e. The Bertz CT molecular complexity index is 587. The molecule has 2 heterocycles. The highest BCUT2D eigenvalue weighted by Crippen LogP contribution is 2.48. The zero-order valence-corrected chi connectivity index (χ0v) is 8.33. The first-order valence-corrected chi connectivity index (χ1v) is 5.00. The molecule has 0 aliphatic heterocycles. The maximum Gasteiger partial charge on any atom is 0.315 e. The molecule has 0 saturated heterocycles. The van der Waals surface area contributed by atoms with Crippen molar-refractivity contribution >= 4 is 17.0 Å². The number of pyridine rings is 1. The number of H-pyrrole nitrogens is 1. The lowest BCUT2D eigenvalue weighted by atomic mass is 10.0. The number of carbonyl (C=O) groups is 1. The average Bonchev–Trinajstić information content (AvgIpc) is 2.94. The zero-order valence-electron chi connectivity index (χ0n) is 8.33. The Labute approximate surface area is 90.1 Å². The van der Waals surface area contributed by atoms with Crippen molar-refractivity contribution in [3.05, 3.63) is 29.8 Å². The van der Waals surface area contributed by atoms with Gasteiger partial charge in [0.25, 0.3) is 0 Å². The summed E-state index contributed by atoms with van der Waals surface area (Å²) in [6.45, 7) is 0. The van der Waals surface area contributed by atoms with Crippen LogP contribution in [0.25, 0.3) is 11.0 Å². The Morgan fingerprint density at radius 1 is 1.50 bits per heavy atom. The van der Waals surface area contributed by atoms with Crippen molar-refractivity contribution < 1.29 is 14.3 Å². The average molecular weight is 220 g/mol. The Balaban J connectivity index is 2.16. The van der Waals surface area contributed by atoms with Gasteiger partial charge in [-0.1, -0.05) is 0 Å². The van der Waals surface area contributed by atoms with E-state index in [1.165, 1.54) is 6.07 Å². The van der Waals surface area contributed by atoms with Crippen molar-refractivity contribution in [2.45, 2.75) is 18.3 Å². The molecule has 1 aliphatic rings. The zero-order chi connectivity index (χ0) is 11.3. The van der Waals surface area contributed by atoms with Crippen LogP contribution in [0.4, 0.5) is 4.39 Å². The van der Waals surface area contributed by atoms with Crippen molar-refractivity contribution in [3.63, 3.8) is 0 Å². The van der Waals surface area contributed by atoms with Gasteiger partial charge >= 0.3 is 5.97 Å². The molecule has 82 valence electrons. The van der Waals surface area contributed by atoms with Gasteiger partial charge in [0, 0.05) is 11.8 Å². The quantitative estimate of drug-likeness (QED) is 0.811. The number of aromatic amines is 1. The van der Waals surface area contributed by atoms with Crippen LogP contribution in [-0.4, -0.2) is 21.0 Å². The second kappa shape index (κ2) is 2.81. The van der Waals surface area contributed by atoms with Crippen LogP contribution in [0.5, 0.6) is 0 Å². The molecule has 0 amide bonds. The van der Waals surface area contributed by atoms with E-state index in [1.807, 2.05) is 0 Å². The third kappa shape index (κ3) is 1.14. The Hall–Kier alpha value is -1.91. The summed E-state index contributed by atoms with van der Waals surface area (Å²) in [6.07, 6.45) is 2.37. The van der Waals surface area contributed by atoms with Crippen LogP contribution in [0.15, 0.2) is 18.3 Å². The summed E-state index contributed by atoms with van der Waals surface area (Å²) >= 11 is 0. The van der Waals surface area contributed by atoms with Crippen LogP contribution in [-0.2, 0) is 10.2 Å². The number of carboxylic acid groups (broad SMARTS) is 1. The number of rotatable bonds is 2. The highest BCUT2D eigenvalue weighted by molar-refractivity contribution is 5.87. The lowest BCUT2D eigenvalue weighted by molar-refractivity contribution is -0.140. The van der Waals surface area contributed by atoms with Gasteiger partial charge < -0.3 is 10.1 Å². The molecule has 1 saturated carbocycles. The fourth-order valence-electron chi connectivity index (χ4n) is 1.96. The highest BCUT2D eigenvalue weighted by atomic mass is 19.1. The maximum absolute atomic E-state index is 12.9. The number of carboxylic acids is 1. The first-order valence-electron chi connectivity index (χ1n) is 5.00. The third-order valence-electron chi connectivity index (χ3n) is 3.11. The van der Waals surface area contributed by atoms with Crippen LogP contribution in [0, 0.1) is 5.82 Å². The van der Waals surface area contributed by atoms with Crippen LogP contribution in [0.2, 0.25) is 0 Å². The lowest BCUT2D eigenvalue weighted by Crippen LogP contribution is -2.19. The minimum atomic E-state index is -0.834. The van der Waals surface area contributed by atoms with Gasteiger partial charge in [0.05, 0.1) is 17.2 Å². The summed E-state index contributed by atoms with van der Waals surface area (Å²) in [5.74, 6) is -1.26. The third-order valence-corrected chi connectivity index (χ3v) is 3.11. The van der Waals surface area contributed by atoms with Gasteiger partial charge in [-0.25, -0.2) is 4.39 Å². The molecule has 3 rings (SSSR count). The van der Waals surface area contributed by atoms with Crippen LogP contribution in [0.3, 0.4) is 0 Å². The number of nitrogens with zero attached hydrogens (tertiary/aromatic N) is 1. The van der Waals surface area contributed by atoms with Crippen LogP contribution < -0.4 is 0 Å². The number of halogens is 1. The summed E-state index contributed by atoms with van der Waals surface area (Å²) in [7, 11) is 0. The summed E-state index contributed by atoms with van der Waals surface area (Å²) in [4.78, 5) is 18.0. The number of hydrogen-bond donors (Lipinski definition) is 2. The van der Waals surface area contributed by atoms with E-state index >= 15 is 0 Å². The number of hydrogen-bond acceptors (Lipinski definition) is 2. The predicted molar refractivity (Wildman–Crippen MR) is 54.6 cm³/mol. The van der Waals surface area contributed by atoms with E-state index in [0.717, 1.165) is 6.20 Å². The topological polar surface area (TPSA) is 66.0 Å². The summed E-state index contributed by atoms with van der Waals surface area (Å²) in [6, 6.07) is 3.01. The number of aliphatic carboxylic acids is 1. The van der Waals surface area contributed by atoms with E-state index in [1.54, 1.807) is 6.07 Å². The minimum Gasteiger partial charge on any atom is -0.481 e. The Morgan fingerprint density at radius 3 is 2.88 bits per heavy atom. The first kappa shape index (κ1) is 9.33. The Kier molecular flexibility index (Phi) is 1.64. The predicted octanol–water partition coefficient (Wildman–Crippen LogP) is 1.82. The van der Waals surface area contributed by atoms with Gasteiger partial charge in [-0.15, -0.1) is 0 Å². The van der Waals surface area contributed by atoms with E-state index in [9.17, 15) is 9.18 Å². The smallest absolute Gasteiger partial charge is 0.315 e. The van der Waals surface area contributed by atoms with Crippen molar-refractivity contribution in [1.82, 2.24) is 9.97 Å². The van der Waals surface area contributed by atoms with Crippen LogP contribution >= 0.6 is 0 Å². The molecule has 16 heavy (non-hydrogen) atoms. The van der Waals surface area contributed by atoms with E-state index < -0.39 is 17.2 Å². The van der Waals surface area contributed by atoms with Crippen molar-refractivity contribution in [2.24, 2.45) is 0 Å². The molecule has 2 N–H and O–H groups in total. The van der Waals surface area contributed by atoms with Crippen molar-refractivity contribution in [2.75, 3.05) is 0 Å². The molecule has 5 heteroatoms. The number of fused-ring (bicyclic) bond motifs is 1. The number of aromatic nitrogens is 2. The molecular formula is C11H9FN2O2. The monoisotopic (exact) mass is 220 g/mol. The molecule has 0 bridgehead atoms. The van der Waals surface area contributed by atoms with Crippen LogP contribution in [0.1, 0.15) is 18.5 Å². The summed E-state index contributed by atoms with van der Waals surface area (Å²) in [5.41, 5.74) is 0.969.